The minimum absolute atomic E-state index is 0.122. The molecule has 17 heavy (non-hydrogen) atoms. The minimum atomic E-state index is -0.987. The van der Waals surface area contributed by atoms with Crippen molar-refractivity contribution in [1.82, 2.24) is 9.97 Å². The molecule has 0 saturated heterocycles. The van der Waals surface area contributed by atoms with Crippen LogP contribution in [-0.4, -0.2) is 28.2 Å². The van der Waals surface area contributed by atoms with Gasteiger partial charge in [-0.25, -0.2) is 4.98 Å². The number of fused-ring (bicyclic) bond motifs is 1. The number of methoxy groups -OCH3 is 1. The standard InChI is InChI=1S/C12H12N2O3/c1-17-12(16)6-11(15)10-7-13-8-4-2-3-5-9(8)14-10/h2-5,7,11,15H,6H2,1H3/t11-/m0/s1. The molecule has 0 fully saturated rings. The number of carbonyl (C=O) groups excluding carboxylic acids is 1. The number of esters is 1. The van der Waals surface area contributed by atoms with Gasteiger partial charge in [-0.05, 0) is 12.1 Å². The Kier molecular flexibility index (Phi) is 3.30. The summed E-state index contributed by atoms with van der Waals surface area (Å²) in [5.74, 6) is -0.479. The number of aromatic nitrogens is 2. The Bertz CT molecular complexity index is 542. The van der Waals surface area contributed by atoms with Crippen LogP contribution in [0.2, 0.25) is 0 Å². The first kappa shape index (κ1) is 11.5. The molecular formula is C12H12N2O3. The van der Waals surface area contributed by atoms with Crippen molar-refractivity contribution in [2.24, 2.45) is 0 Å². The molecule has 1 atom stereocenters. The summed E-state index contributed by atoms with van der Waals surface area (Å²) in [6, 6.07) is 7.34. The number of aliphatic hydroxyl groups excluding tert-OH is 1. The molecule has 5 nitrogen and oxygen atoms in total. The summed E-state index contributed by atoms with van der Waals surface area (Å²) < 4.78 is 4.48. The van der Waals surface area contributed by atoms with E-state index in [4.69, 9.17) is 0 Å². The summed E-state index contributed by atoms with van der Waals surface area (Å²) >= 11 is 0. The third kappa shape index (κ3) is 2.57. The van der Waals surface area contributed by atoms with E-state index in [0.29, 0.717) is 11.2 Å². The number of hydrogen-bond acceptors (Lipinski definition) is 5. The molecule has 0 aliphatic rings. The predicted octanol–water partition coefficient (Wildman–Crippen LogP) is 1.23. The predicted molar refractivity (Wildman–Crippen MR) is 61.1 cm³/mol. The third-order valence-electron chi connectivity index (χ3n) is 2.40. The highest BCUT2D eigenvalue weighted by atomic mass is 16.5. The van der Waals surface area contributed by atoms with Gasteiger partial charge in [0.2, 0.25) is 0 Å². The van der Waals surface area contributed by atoms with Crippen LogP contribution in [-0.2, 0) is 9.53 Å². The third-order valence-corrected chi connectivity index (χ3v) is 2.40. The molecule has 1 N–H and O–H groups in total. The van der Waals surface area contributed by atoms with Gasteiger partial charge in [0.1, 0.15) is 6.10 Å². The molecule has 1 aromatic heterocycles. The number of ether oxygens (including phenoxy) is 1. The first-order valence-corrected chi connectivity index (χ1v) is 5.17. The largest absolute Gasteiger partial charge is 0.469 e. The van der Waals surface area contributed by atoms with Crippen LogP contribution in [0.5, 0.6) is 0 Å². The molecule has 0 saturated carbocycles. The van der Waals surface area contributed by atoms with Gasteiger partial charge in [-0.1, -0.05) is 12.1 Å². The Morgan fingerprint density at radius 3 is 2.82 bits per heavy atom. The minimum Gasteiger partial charge on any atom is -0.469 e. The molecule has 88 valence electrons. The Morgan fingerprint density at radius 1 is 1.41 bits per heavy atom. The van der Waals surface area contributed by atoms with Gasteiger partial charge in [-0.15, -0.1) is 0 Å². The zero-order valence-corrected chi connectivity index (χ0v) is 9.33. The fourth-order valence-electron chi connectivity index (χ4n) is 1.48. The molecule has 1 aromatic carbocycles. The lowest BCUT2D eigenvalue weighted by Gasteiger charge is -2.08. The van der Waals surface area contributed by atoms with Crippen molar-refractivity contribution < 1.29 is 14.6 Å². The van der Waals surface area contributed by atoms with Crippen molar-refractivity contribution in [2.45, 2.75) is 12.5 Å². The Morgan fingerprint density at radius 2 is 2.12 bits per heavy atom. The van der Waals surface area contributed by atoms with E-state index in [-0.39, 0.29) is 6.42 Å². The lowest BCUT2D eigenvalue weighted by molar-refractivity contribution is -0.142. The number of benzene rings is 1. The monoisotopic (exact) mass is 232 g/mol. The normalized spacial score (nSPS) is 12.4. The van der Waals surface area contributed by atoms with E-state index in [0.717, 1.165) is 5.52 Å². The maximum atomic E-state index is 11.0. The first-order valence-electron chi connectivity index (χ1n) is 5.17. The molecular weight excluding hydrogens is 220 g/mol. The fraction of sp³-hybridized carbons (Fsp3) is 0.250. The van der Waals surface area contributed by atoms with Gasteiger partial charge < -0.3 is 9.84 Å². The average molecular weight is 232 g/mol. The van der Waals surface area contributed by atoms with Gasteiger partial charge in [0.25, 0.3) is 0 Å². The second kappa shape index (κ2) is 4.88. The summed E-state index contributed by atoms with van der Waals surface area (Å²) in [6.45, 7) is 0. The molecule has 0 spiro atoms. The first-order chi connectivity index (χ1) is 8.20. The van der Waals surface area contributed by atoms with Crippen LogP contribution in [0.15, 0.2) is 30.5 Å². The highest BCUT2D eigenvalue weighted by molar-refractivity contribution is 5.74. The van der Waals surface area contributed by atoms with Crippen LogP contribution in [0.25, 0.3) is 11.0 Å². The van der Waals surface area contributed by atoms with Gasteiger partial charge in [-0.3, -0.25) is 9.78 Å². The summed E-state index contributed by atoms with van der Waals surface area (Å²) in [6.07, 6.45) is 0.360. The Labute approximate surface area is 98.1 Å². The Hall–Kier alpha value is -2.01. The topological polar surface area (TPSA) is 72.3 Å². The van der Waals surface area contributed by atoms with Crippen molar-refractivity contribution in [3.8, 4) is 0 Å². The smallest absolute Gasteiger partial charge is 0.308 e. The van der Waals surface area contributed by atoms with Crippen molar-refractivity contribution in [3.05, 3.63) is 36.2 Å². The SMILES string of the molecule is COC(=O)C[C@H](O)c1cnc2ccccc2n1. The summed E-state index contributed by atoms with van der Waals surface area (Å²) in [5, 5.41) is 9.78. The van der Waals surface area contributed by atoms with Crippen LogP contribution >= 0.6 is 0 Å². The van der Waals surface area contributed by atoms with Gasteiger partial charge in [-0.2, -0.15) is 0 Å². The number of nitrogens with zero attached hydrogens (tertiary/aromatic N) is 2. The molecule has 0 unspecified atom stereocenters. The molecule has 2 rings (SSSR count). The van der Waals surface area contributed by atoms with Gasteiger partial charge >= 0.3 is 5.97 Å². The zero-order chi connectivity index (χ0) is 12.3. The van der Waals surface area contributed by atoms with E-state index in [2.05, 4.69) is 14.7 Å². The van der Waals surface area contributed by atoms with E-state index in [1.807, 2.05) is 18.2 Å². The number of para-hydroxylation sites is 2. The molecule has 5 heteroatoms. The number of hydrogen-bond donors (Lipinski definition) is 1. The van der Waals surface area contributed by atoms with Crippen molar-refractivity contribution in [1.29, 1.82) is 0 Å². The summed E-state index contributed by atoms with van der Waals surface area (Å²) in [7, 11) is 1.28. The van der Waals surface area contributed by atoms with Crippen molar-refractivity contribution in [3.63, 3.8) is 0 Å². The number of rotatable bonds is 3. The van der Waals surface area contributed by atoms with Crippen LogP contribution in [0, 0.1) is 0 Å². The molecule has 1 heterocycles. The summed E-state index contributed by atoms with van der Waals surface area (Å²) in [5.41, 5.74) is 1.81. The number of aliphatic hydroxyl groups is 1. The highest BCUT2D eigenvalue weighted by Crippen LogP contribution is 2.17. The van der Waals surface area contributed by atoms with Gasteiger partial charge in [0.05, 0.1) is 36.5 Å². The van der Waals surface area contributed by atoms with E-state index < -0.39 is 12.1 Å². The second-order valence-corrected chi connectivity index (χ2v) is 3.58. The molecule has 0 amide bonds. The average Bonchev–Trinajstić information content (AvgIpc) is 2.38. The quantitative estimate of drug-likeness (QED) is 0.806. The van der Waals surface area contributed by atoms with E-state index in [1.165, 1.54) is 13.3 Å². The van der Waals surface area contributed by atoms with Gasteiger partial charge in [0.15, 0.2) is 0 Å². The molecule has 0 radical (unpaired) electrons. The van der Waals surface area contributed by atoms with Crippen LogP contribution in [0.1, 0.15) is 18.2 Å². The second-order valence-electron chi connectivity index (χ2n) is 3.58. The van der Waals surface area contributed by atoms with Crippen LogP contribution < -0.4 is 0 Å². The molecule has 2 aromatic rings. The lowest BCUT2D eigenvalue weighted by atomic mass is 10.2. The summed E-state index contributed by atoms with van der Waals surface area (Å²) in [4.78, 5) is 19.4. The lowest BCUT2D eigenvalue weighted by Crippen LogP contribution is -2.09. The fourth-order valence-corrected chi connectivity index (χ4v) is 1.48. The molecule has 0 bridgehead atoms. The van der Waals surface area contributed by atoms with Crippen molar-refractivity contribution in [2.75, 3.05) is 7.11 Å². The highest BCUT2D eigenvalue weighted by Gasteiger charge is 2.15. The van der Waals surface area contributed by atoms with Gasteiger partial charge in [0, 0.05) is 0 Å². The van der Waals surface area contributed by atoms with Crippen LogP contribution in [0.4, 0.5) is 0 Å². The van der Waals surface area contributed by atoms with E-state index in [1.54, 1.807) is 6.07 Å². The van der Waals surface area contributed by atoms with Crippen LogP contribution in [0.3, 0.4) is 0 Å². The maximum Gasteiger partial charge on any atom is 0.308 e. The van der Waals surface area contributed by atoms with Crippen molar-refractivity contribution >= 4 is 17.0 Å². The maximum absolute atomic E-state index is 11.0. The molecule has 0 aliphatic heterocycles. The zero-order valence-electron chi connectivity index (χ0n) is 9.33. The molecule has 0 aliphatic carbocycles. The number of carbonyl (C=O) groups is 1. The Balaban J connectivity index is 2.26. The van der Waals surface area contributed by atoms with E-state index in [9.17, 15) is 9.90 Å². The van der Waals surface area contributed by atoms with E-state index >= 15 is 0 Å².